The Bertz CT molecular complexity index is 498. The molecule has 0 spiro atoms. The number of rotatable bonds is 3. The third-order valence-electron chi connectivity index (χ3n) is 2.09. The molecule has 2 rings (SSSR count). The lowest BCUT2D eigenvalue weighted by atomic mass is 10.3. The lowest BCUT2D eigenvalue weighted by Gasteiger charge is -2.06. The van der Waals surface area contributed by atoms with Crippen LogP contribution in [0, 0.1) is 0 Å². The predicted molar refractivity (Wildman–Crippen MR) is 65.9 cm³/mol. The van der Waals surface area contributed by atoms with Crippen LogP contribution in [0.1, 0.15) is 5.56 Å². The summed E-state index contributed by atoms with van der Waals surface area (Å²) >= 11 is 5.80. The normalized spacial score (nSPS) is 9.94. The zero-order valence-electron chi connectivity index (χ0n) is 8.90. The molecule has 3 N–H and O–H groups in total. The molecule has 0 atom stereocenters. The van der Waals surface area contributed by atoms with Crippen LogP contribution in [0.2, 0.25) is 5.02 Å². The number of nitrogens with one attached hydrogen (secondary N) is 3. The van der Waals surface area contributed by atoms with E-state index in [9.17, 15) is 4.79 Å². The first-order valence-electron chi connectivity index (χ1n) is 5.02. The molecule has 1 heterocycles. The third kappa shape index (κ3) is 3.49. The number of carbonyl (C=O) groups excluding carboxylic acids is 1. The minimum Gasteiger partial charge on any atom is -0.334 e. The van der Waals surface area contributed by atoms with E-state index in [1.165, 1.54) is 0 Å². The number of urea groups is 1. The van der Waals surface area contributed by atoms with Gasteiger partial charge in [-0.25, -0.2) is 4.79 Å². The highest BCUT2D eigenvalue weighted by Gasteiger charge is 2.02. The molecule has 0 aliphatic heterocycles. The van der Waals surface area contributed by atoms with Crippen LogP contribution in [-0.2, 0) is 6.54 Å². The number of hydrogen-bond acceptors (Lipinski definition) is 2. The van der Waals surface area contributed by atoms with Gasteiger partial charge in [-0.1, -0.05) is 17.7 Å². The van der Waals surface area contributed by atoms with Crippen LogP contribution in [-0.4, -0.2) is 16.2 Å². The Labute approximate surface area is 103 Å². The quantitative estimate of drug-likeness (QED) is 0.783. The molecular weight excluding hydrogens is 240 g/mol. The van der Waals surface area contributed by atoms with Crippen molar-refractivity contribution in [3.8, 4) is 0 Å². The van der Waals surface area contributed by atoms with E-state index in [4.69, 9.17) is 11.6 Å². The first-order chi connectivity index (χ1) is 8.24. The second kappa shape index (κ2) is 5.36. The van der Waals surface area contributed by atoms with Gasteiger partial charge in [0.25, 0.3) is 0 Å². The third-order valence-corrected chi connectivity index (χ3v) is 2.33. The topological polar surface area (TPSA) is 69.8 Å². The second-order valence-electron chi connectivity index (χ2n) is 3.42. The average Bonchev–Trinajstić information content (AvgIpc) is 2.79. The molecule has 2 aromatic rings. The molecule has 0 saturated heterocycles. The predicted octanol–water partition coefficient (Wildman–Crippen LogP) is 2.38. The number of carbonyl (C=O) groups is 1. The zero-order chi connectivity index (χ0) is 12.1. The Balaban J connectivity index is 1.85. The maximum atomic E-state index is 11.5. The Hall–Kier alpha value is -2.01. The fourth-order valence-electron chi connectivity index (χ4n) is 1.30. The van der Waals surface area contributed by atoms with E-state index in [-0.39, 0.29) is 6.03 Å². The highest BCUT2D eigenvalue weighted by atomic mass is 35.5. The van der Waals surface area contributed by atoms with Crippen molar-refractivity contribution in [3.05, 3.63) is 47.2 Å². The number of nitrogens with zero attached hydrogens (tertiary/aromatic N) is 1. The van der Waals surface area contributed by atoms with Crippen LogP contribution >= 0.6 is 11.6 Å². The van der Waals surface area contributed by atoms with Gasteiger partial charge in [0.2, 0.25) is 0 Å². The van der Waals surface area contributed by atoms with Crippen LogP contribution < -0.4 is 10.6 Å². The summed E-state index contributed by atoms with van der Waals surface area (Å²) in [4.78, 5) is 11.5. The molecule has 0 unspecified atom stereocenters. The van der Waals surface area contributed by atoms with Crippen molar-refractivity contribution in [2.45, 2.75) is 6.54 Å². The molecule has 5 nitrogen and oxygen atoms in total. The number of aromatic nitrogens is 2. The van der Waals surface area contributed by atoms with E-state index in [1.54, 1.807) is 36.7 Å². The summed E-state index contributed by atoms with van der Waals surface area (Å²) in [5, 5.41) is 12.4. The fraction of sp³-hybridized carbons (Fsp3) is 0.0909. The number of halogens is 1. The SMILES string of the molecule is O=C(NCc1cn[nH]c1)Nc1cccc(Cl)c1. The molecule has 6 heteroatoms. The number of H-pyrrole nitrogens is 1. The van der Waals surface area contributed by atoms with Crippen LogP contribution in [0.4, 0.5) is 10.5 Å². The Morgan fingerprint density at radius 1 is 1.47 bits per heavy atom. The lowest BCUT2D eigenvalue weighted by molar-refractivity contribution is 0.252. The van der Waals surface area contributed by atoms with Crippen molar-refractivity contribution in [2.75, 3.05) is 5.32 Å². The van der Waals surface area contributed by atoms with E-state index < -0.39 is 0 Å². The zero-order valence-corrected chi connectivity index (χ0v) is 9.66. The van der Waals surface area contributed by atoms with E-state index in [1.807, 2.05) is 0 Å². The Kier molecular flexibility index (Phi) is 3.62. The van der Waals surface area contributed by atoms with Crippen molar-refractivity contribution in [1.82, 2.24) is 15.5 Å². The molecule has 2 amide bonds. The molecule has 1 aromatic heterocycles. The monoisotopic (exact) mass is 250 g/mol. The summed E-state index contributed by atoms with van der Waals surface area (Å²) in [6.45, 7) is 0.420. The van der Waals surface area contributed by atoms with Crippen molar-refractivity contribution in [1.29, 1.82) is 0 Å². The Morgan fingerprint density at radius 2 is 2.35 bits per heavy atom. The number of anilines is 1. The molecule has 1 aromatic carbocycles. The first-order valence-corrected chi connectivity index (χ1v) is 5.40. The van der Waals surface area contributed by atoms with Crippen LogP contribution in [0.25, 0.3) is 0 Å². The van der Waals surface area contributed by atoms with E-state index in [0.29, 0.717) is 17.3 Å². The van der Waals surface area contributed by atoms with Crippen molar-refractivity contribution in [3.63, 3.8) is 0 Å². The van der Waals surface area contributed by atoms with E-state index >= 15 is 0 Å². The minimum atomic E-state index is -0.284. The van der Waals surface area contributed by atoms with E-state index in [0.717, 1.165) is 5.56 Å². The Morgan fingerprint density at radius 3 is 3.06 bits per heavy atom. The average molecular weight is 251 g/mol. The summed E-state index contributed by atoms with van der Waals surface area (Å²) in [5.74, 6) is 0. The van der Waals surface area contributed by atoms with E-state index in [2.05, 4.69) is 20.8 Å². The number of aromatic amines is 1. The van der Waals surface area contributed by atoms with Gasteiger partial charge in [0, 0.05) is 29.0 Å². The standard InChI is InChI=1S/C11H11ClN4O/c12-9-2-1-3-10(4-9)16-11(17)13-5-8-6-14-15-7-8/h1-4,6-7H,5H2,(H,14,15)(H2,13,16,17). The van der Waals surface area contributed by atoms with Gasteiger partial charge in [-0.2, -0.15) is 5.10 Å². The summed E-state index contributed by atoms with van der Waals surface area (Å²) in [6, 6.07) is 6.68. The lowest BCUT2D eigenvalue weighted by Crippen LogP contribution is -2.27. The minimum absolute atomic E-state index is 0.284. The maximum absolute atomic E-state index is 11.5. The largest absolute Gasteiger partial charge is 0.334 e. The number of amides is 2. The summed E-state index contributed by atoms with van der Waals surface area (Å²) < 4.78 is 0. The van der Waals surface area contributed by atoms with Gasteiger partial charge in [-0.3, -0.25) is 5.10 Å². The number of benzene rings is 1. The second-order valence-corrected chi connectivity index (χ2v) is 3.86. The van der Waals surface area contributed by atoms with Gasteiger partial charge >= 0.3 is 6.03 Å². The van der Waals surface area contributed by atoms with Gasteiger partial charge < -0.3 is 10.6 Å². The molecule has 0 fully saturated rings. The molecule has 0 aliphatic rings. The highest BCUT2D eigenvalue weighted by Crippen LogP contribution is 2.14. The summed E-state index contributed by atoms with van der Waals surface area (Å²) in [6.07, 6.45) is 3.37. The van der Waals surface area contributed by atoms with Crippen molar-refractivity contribution in [2.24, 2.45) is 0 Å². The smallest absolute Gasteiger partial charge is 0.319 e. The van der Waals surface area contributed by atoms with Gasteiger partial charge in [0.05, 0.1) is 6.20 Å². The van der Waals surface area contributed by atoms with Gasteiger partial charge in [-0.15, -0.1) is 0 Å². The highest BCUT2D eigenvalue weighted by molar-refractivity contribution is 6.30. The van der Waals surface area contributed by atoms with Crippen LogP contribution in [0.5, 0.6) is 0 Å². The maximum Gasteiger partial charge on any atom is 0.319 e. The van der Waals surface area contributed by atoms with Gasteiger partial charge in [-0.05, 0) is 18.2 Å². The fourth-order valence-corrected chi connectivity index (χ4v) is 1.49. The molecule has 88 valence electrons. The van der Waals surface area contributed by atoms with Crippen molar-refractivity contribution < 1.29 is 4.79 Å². The summed E-state index contributed by atoms with van der Waals surface area (Å²) in [7, 11) is 0. The molecule has 0 saturated carbocycles. The molecular formula is C11H11ClN4O. The molecule has 0 aliphatic carbocycles. The van der Waals surface area contributed by atoms with Crippen LogP contribution in [0.15, 0.2) is 36.7 Å². The van der Waals surface area contributed by atoms with Crippen LogP contribution in [0.3, 0.4) is 0 Å². The molecule has 0 bridgehead atoms. The van der Waals surface area contributed by atoms with Gasteiger partial charge in [0.15, 0.2) is 0 Å². The van der Waals surface area contributed by atoms with Gasteiger partial charge in [0.1, 0.15) is 0 Å². The number of hydrogen-bond donors (Lipinski definition) is 3. The molecule has 17 heavy (non-hydrogen) atoms. The van der Waals surface area contributed by atoms with Crippen molar-refractivity contribution >= 4 is 23.3 Å². The summed E-state index contributed by atoms with van der Waals surface area (Å²) in [5.41, 5.74) is 1.56. The molecule has 0 radical (unpaired) electrons. The first kappa shape index (κ1) is 11.5.